The first-order valence-electron chi connectivity index (χ1n) is 8.55. The highest BCUT2D eigenvalue weighted by Crippen LogP contribution is 2.28. The quantitative estimate of drug-likeness (QED) is 0.589. The van der Waals surface area contributed by atoms with Crippen molar-refractivity contribution in [3.8, 4) is 11.6 Å². The average Bonchev–Trinajstić information content (AvgIpc) is 3.31. The number of nitrogens with one attached hydrogen (secondary N) is 1. The first-order chi connectivity index (χ1) is 12.3. The lowest BCUT2D eigenvalue weighted by atomic mass is 10.2. The minimum absolute atomic E-state index is 0.706. The van der Waals surface area contributed by atoms with Gasteiger partial charge in [-0.1, -0.05) is 12.1 Å². The second kappa shape index (κ2) is 5.56. The van der Waals surface area contributed by atoms with Crippen LogP contribution in [-0.4, -0.2) is 52.8 Å². The van der Waals surface area contributed by atoms with Crippen molar-refractivity contribution in [1.29, 1.82) is 0 Å². The molecule has 1 aromatic carbocycles. The third kappa shape index (κ3) is 2.27. The van der Waals surface area contributed by atoms with Crippen LogP contribution in [0.5, 0.6) is 0 Å². The largest absolute Gasteiger partial charge is 0.461 e. The highest BCUT2D eigenvalue weighted by molar-refractivity contribution is 5.85. The number of hydrogen-bond acceptors (Lipinski definition) is 5. The Hall–Kier alpha value is -2.93. The van der Waals surface area contributed by atoms with E-state index in [1.165, 1.54) is 0 Å². The number of para-hydroxylation sites is 2. The topological polar surface area (TPSA) is 63.9 Å². The van der Waals surface area contributed by atoms with Gasteiger partial charge in [-0.15, -0.1) is 10.2 Å². The summed E-state index contributed by atoms with van der Waals surface area (Å²) in [5, 5.41) is 8.87. The molecule has 126 valence electrons. The SMILES string of the molecule is C[NH+]1CCN(c2nc3ccccc3n3c(-c4ccco4)nnc23)CC1. The van der Waals surface area contributed by atoms with Gasteiger partial charge < -0.3 is 14.2 Å². The molecule has 1 aliphatic rings. The van der Waals surface area contributed by atoms with E-state index in [1.807, 2.05) is 36.4 Å². The summed E-state index contributed by atoms with van der Waals surface area (Å²) in [5.41, 5.74) is 2.70. The molecule has 1 saturated heterocycles. The summed E-state index contributed by atoms with van der Waals surface area (Å²) in [6.45, 7) is 4.13. The third-order valence-corrected chi connectivity index (χ3v) is 4.87. The fraction of sp³-hybridized carbons (Fsp3) is 0.278. The lowest BCUT2D eigenvalue weighted by molar-refractivity contribution is -0.880. The molecular weight excluding hydrogens is 316 g/mol. The van der Waals surface area contributed by atoms with Gasteiger partial charge in [0.1, 0.15) is 0 Å². The monoisotopic (exact) mass is 335 g/mol. The van der Waals surface area contributed by atoms with E-state index < -0.39 is 0 Å². The summed E-state index contributed by atoms with van der Waals surface area (Å²) in [6.07, 6.45) is 1.66. The molecule has 7 heteroatoms. The van der Waals surface area contributed by atoms with Crippen LogP contribution in [0.3, 0.4) is 0 Å². The van der Waals surface area contributed by atoms with Crippen LogP contribution in [0.25, 0.3) is 28.3 Å². The maximum Gasteiger partial charge on any atom is 0.204 e. The van der Waals surface area contributed by atoms with Gasteiger partial charge in [-0.25, -0.2) is 4.98 Å². The summed E-state index contributed by atoms with van der Waals surface area (Å²) in [4.78, 5) is 8.77. The van der Waals surface area contributed by atoms with E-state index in [4.69, 9.17) is 9.40 Å². The van der Waals surface area contributed by atoms with Crippen LogP contribution >= 0.6 is 0 Å². The summed E-state index contributed by atoms with van der Waals surface area (Å²) in [6, 6.07) is 11.9. The van der Waals surface area contributed by atoms with Crippen LogP contribution in [0.15, 0.2) is 47.1 Å². The van der Waals surface area contributed by atoms with Crippen LogP contribution in [0.4, 0.5) is 5.82 Å². The summed E-state index contributed by atoms with van der Waals surface area (Å²) < 4.78 is 7.63. The minimum atomic E-state index is 0.706. The van der Waals surface area contributed by atoms with Crippen LogP contribution in [0.1, 0.15) is 0 Å². The standard InChI is InChI=1S/C18H18N6O/c1-22-8-10-23(11-9-22)17-18-21-20-16(15-7-4-12-25-15)24(18)14-6-3-2-5-13(14)19-17/h2-7,12H,8-11H2,1H3/p+1. The number of benzene rings is 1. The molecule has 0 radical (unpaired) electrons. The van der Waals surface area contributed by atoms with Crippen LogP contribution in [0.2, 0.25) is 0 Å². The van der Waals surface area contributed by atoms with Crippen LogP contribution in [0, 0.1) is 0 Å². The number of anilines is 1. The second-order valence-electron chi connectivity index (χ2n) is 6.53. The molecule has 4 aromatic rings. The van der Waals surface area contributed by atoms with Gasteiger partial charge >= 0.3 is 0 Å². The van der Waals surface area contributed by atoms with Gasteiger partial charge in [-0.3, -0.25) is 4.40 Å². The number of quaternary nitrogens is 1. The molecule has 0 aliphatic carbocycles. The first kappa shape index (κ1) is 14.4. The Kier molecular flexibility index (Phi) is 3.21. The van der Waals surface area contributed by atoms with Crippen molar-refractivity contribution in [2.45, 2.75) is 0 Å². The molecule has 0 saturated carbocycles. The van der Waals surface area contributed by atoms with Gasteiger partial charge in [-0.2, -0.15) is 0 Å². The average molecular weight is 335 g/mol. The van der Waals surface area contributed by atoms with Crippen molar-refractivity contribution in [2.24, 2.45) is 0 Å². The predicted molar refractivity (Wildman–Crippen MR) is 94.8 cm³/mol. The fourth-order valence-electron chi connectivity index (χ4n) is 3.45. The fourth-order valence-corrected chi connectivity index (χ4v) is 3.45. The number of furan rings is 1. The second-order valence-corrected chi connectivity index (χ2v) is 6.53. The molecule has 4 heterocycles. The minimum Gasteiger partial charge on any atom is -0.461 e. The molecule has 0 unspecified atom stereocenters. The van der Waals surface area contributed by atoms with Gasteiger partial charge in [0.2, 0.25) is 11.5 Å². The number of nitrogens with zero attached hydrogens (tertiary/aromatic N) is 5. The number of rotatable bonds is 2. The van der Waals surface area contributed by atoms with Crippen LogP contribution < -0.4 is 9.80 Å². The number of fused-ring (bicyclic) bond motifs is 3. The summed E-state index contributed by atoms with van der Waals surface area (Å²) in [5.74, 6) is 2.31. The summed E-state index contributed by atoms with van der Waals surface area (Å²) >= 11 is 0. The van der Waals surface area contributed by atoms with Gasteiger partial charge in [0, 0.05) is 0 Å². The lowest BCUT2D eigenvalue weighted by Crippen LogP contribution is -3.12. The highest BCUT2D eigenvalue weighted by atomic mass is 16.3. The van der Waals surface area contributed by atoms with E-state index >= 15 is 0 Å². The van der Waals surface area contributed by atoms with Crippen LogP contribution in [-0.2, 0) is 0 Å². The molecule has 25 heavy (non-hydrogen) atoms. The molecule has 7 nitrogen and oxygen atoms in total. The molecule has 5 rings (SSSR count). The molecule has 0 atom stereocenters. The molecule has 1 aliphatic heterocycles. The molecule has 0 spiro atoms. The maximum absolute atomic E-state index is 5.57. The molecule has 3 aromatic heterocycles. The first-order valence-corrected chi connectivity index (χ1v) is 8.55. The lowest BCUT2D eigenvalue weighted by Gasteiger charge is -2.31. The third-order valence-electron chi connectivity index (χ3n) is 4.87. The zero-order chi connectivity index (χ0) is 16.8. The van der Waals surface area contributed by atoms with E-state index in [2.05, 4.69) is 26.5 Å². The number of aromatic nitrogens is 4. The van der Waals surface area contributed by atoms with E-state index in [0.717, 1.165) is 48.7 Å². The zero-order valence-corrected chi connectivity index (χ0v) is 14.0. The van der Waals surface area contributed by atoms with E-state index in [1.54, 1.807) is 11.2 Å². The Labute approximate surface area is 144 Å². The Morgan fingerprint density at radius 1 is 1.04 bits per heavy atom. The van der Waals surface area contributed by atoms with Crippen molar-refractivity contribution >= 4 is 22.5 Å². The predicted octanol–water partition coefficient (Wildman–Crippen LogP) is 0.872. The van der Waals surface area contributed by atoms with Gasteiger partial charge in [0.15, 0.2) is 11.6 Å². The maximum atomic E-state index is 5.57. The van der Waals surface area contributed by atoms with Crippen molar-refractivity contribution in [2.75, 3.05) is 38.1 Å². The molecular formula is C18H19N6O+. The Bertz CT molecular complexity index is 1030. The van der Waals surface area contributed by atoms with Gasteiger partial charge in [0.05, 0.1) is 50.5 Å². The molecule has 0 amide bonds. The molecule has 1 N–H and O–H groups in total. The van der Waals surface area contributed by atoms with E-state index in [9.17, 15) is 0 Å². The Balaban J connectivity index is 1.78. The smallest absolute Gasteiger partial charge is 0.204 e. The number of piperazine rings is 1. The van der Waals surface area contributed by atoms with Crippen molar-refractivity contribution in [1.82, 2.24) is 19.6 Å². The normalized spacial score (nSPS) is 16.1. The van der Waals surface area contributed by atoms with Crippen molar-refractivity contribution < 1.29 is 9.32 Å². The zero-order valence-electron chi connectivity index (χ0n) is 14.0. The number of likely N-dealkylation sites (N-methyl/N-ethyl adjacent to an activating group) is 1. The summed E-state index contributed by atoms with van der Waals surface area (Å²) in [7, 11) is 2.23. The van der Waals surface area contributed by atoms with Crippen molar-refractivity contribution in [3.63, 3.8) is 0 Å². The molecule has 0 bridgehead atoms. The van der Waals surface area contributed by atoms with Gasteiger partial charge in [-0.05, 0) is 24.3 Å². The highest BCUT2D eigenvalue weighted by Gasteiger charge is 2.24. The van der Waals surface area contributed by atoms with Crippen molar-refractivity contribution in [3.05, 3.63) is 42.7 Å². The molecule has 1 fully saturated rings. The van der Waals surface area contributed by atoms with Gasteiger partial charge in [0.25, 0.3) is 0 Å². The Morgan fingerprint density at radius 2 is 1.88 bits per heavy atom. The number of hydrogen-bond donors (Lipinski definition) is 1. The van der Waals surface area contributed by atoms with E-state index in [0.29, 0.717) is 11.6 Å². The Morgan fingerprint density at radius 3 is 2.68 bits per heavy atom. The van der Waals surface area contributed by atoms with E-state index in [-0.39, 0.29) is 0 Å².